The average molecular weight is 205 g/mol. The molecule has 1 atom stereocenters. The Morgan fingerprint density at radius 3 is 3.00 bits per heavy atom. The van der Waals surface area contributed by atoms with Gasteiger partial charge in [0, 0.05) is 24.8 Å². The van der Waals surface area contributed by atoms with E-state index in [1.807, 2.05) is 19.1 Å². The molecule has 0 aromatic carbocycles. The van der Waals surface area contributed by atoms with Crippen LogP contribution in [-0.4, -0.2) is 34.9 Å². The lowest BCUT2D eigenvalue weighted by atomic mass is 10.3. The highest BCUT2D eigenvalue weighted by molar-refractivity contribution is 5.92. The van der Waals surface area contributed by atoms with Gasteiger partial charge in [-0.25, -0.2) is 4.98 Å². The summed E-state index contributed by atoms with van der Waals surface area (Å²) in [4.78, 5) is 17.9. The van der Waals surface area contributed by atoms with Crippen LogP contribution in [0.25, 0.3) is 0 Å². The van der Waals surface area contributed by atoms with Crippen molar-refractivity contribution >= 4 is 5.91 Å². The fourth-order valence-corrected chi connectivity index (χ4v) is 1.80. The van der Waals surface area contributed by atoms with Crippen LogP contribution in [0.4, 0.5) is 0 Å². The van der Waals surface area contributed by atoms with Crippen molar-refractivity contribution < 1.29 is 4.79 Å². The normalized spacial score (nSPS) is 20.7. The molecule has 1 aliphatic rings. The van der Waals surface area contributed by atoms with E-state index in [4.69, 9.17) is 5.73 Å². The number of aromatic nitrogens is 1. The van der Waals surface area contributed by atoms with Gasteiger partial charge in [0.25, 0.3) is 5.91 Å². The van der Waals surface area contributed by atoms with Crippen LogP contribution in [0.15, 0.2) is 18.2 Å². The van der Waals surface area contributed by atoms with Gasteiger partial charge in [0.05, 0.1) is 0 Å². The number of nitrogens with two attached hydrogens (primary N) is 1. The van der Waals surface area contributed by atoms with Gasteiger partial charge < -0.3 is 10.6 Å². The van der Waals surface area contributed by atoms with Crippen LogP contribution in [-0.2, 0) is 0 Å². The van der Waals surface area contributed by atoms with E-state index in [0.29, 0.717) is 12.2 Å². The molecule has 0 radical (unpaired) electrons. The van der Waals surface area contributed by atoms with Gasteiger partial charge in [0.2, 0.25) is 0 Å². The molecule has 0 unspecified atom stereocenters. The topological polar surface area (TPSA) is 59.2 Å². The zero-order chi connectivity index (χ0) is 10.8. The third-order valence-corrected chi connectivity index (χ3v) is 2.62. The van der Waals surface area contributed by atoms with E-state index in [1.54, 1.807) is 11.0 Å². The van der Waals surface area contributed by atoms with Crippen LogP contribution < -0.4 is 5.73 Å². The lowest BCUT2D eigenvalue weighted by Crippen LogP contribution is -2.32. The molecule has 1 saturated heterocycles. The second-order valence-corrected chi connectivity index (χ2v) is 3.96. The average Bonchev–Trinajstić information content (AvgIpc) is 2.64. The molecule has 0 aliphatic carbocycles. The van der Waals surface area contributed by atoms with Crippen molar-refractivity contribution in [2.24, 2.45) is 5.73 Å². The molecule has 1 aromatic heterocycles. The first-order valence-electron chi connectivity index (χ1n) is 5.15. The molecule has 1 amide bonds. The molecule has 1 aliphatic heterocycles. The van der Waals surface area contributed by atoms with Crippen LogP contribution in [0.5, 0.6) is 0 Å². The fourth-order valence-electron chi connectivity index (χ4n) is 1.80. The van der Waals surface area contributed by atoms with E-state index in [2.05, 4.69) is 4.98 Å². The standard InChI is InChI=1S/C11H15N3O/c1-8-3-2-4-10(13-8)11(15)14-6-5-9(12)7-14/h2-4,9H,5-7,12H2,1H3/t9-/m0/s1. The van der Waals surface area contributed by atoms with E-state index < -0.39 is 0 Å². The third-order valence-electron chi connectivity index (χ3n) is 2.62. The summed E-state index contributed by atoms with van der Waals surface area (Å²) in [5.74, 6) is -0.00773. The Hall–Kier alpha value is -1.42. The second-order valence-electron chi connectivity index (χ2n) is 3.96. The summed E-state index contributed by atoms with van der Waals surface area (Å²) in [6.45, 7) is 3.27. The van der Waals surface area contributed by atoms with E-state index in [1.165, 1.54) is 0 Å². The second kappa shape index (κ2) is 3.98. The first-order valence-corrected chi connectivity index (χ1v) is 5.15. The largest absolute Gasteiger partial charge is 0.336 e. The van der Waals surface area contributed by atoms with Gasteiger partial charge in [0.15, 0.2) is 0 Å². The number of pyridine rings is 1. The predicted molar refractivity (Wildman–Crippen MR) is 57.5 cm³/mol. The number of likely N-dealkylation sites (tertiary alicyclic amines) is 1. The van der Waals surface area contributed by atoms with Crippen molar-refractivity contribution in [2.75, 3.05) is 13.1 Å². The van der Waals surface area contributed by atoms with E-state index >= 15 is 0 Å². The molecule has 4 heteroatoms. The highest BCUT2D eigenvalue weighted by atomic mass is 16.2. The number of hydrogen-bond donors (Lipinski definition) is 1. The van der Waals surface area contributed by atoms with Crippen LogP contribution in [0.2, 0.25) is 0 Å². The quantitative estimate of drug-likeness (QED) is 0.729. The Morgan fingerprint density at radius 1 is 1.60 bits per heavy atom. The van der Waals surface area contributed by atoms with Crippen LogP contribution in [0.3, 0.4) is 0 Å². The molecule has 15 heavy (non-hydrogen) atoms. The van der Waals surface area contributed by atoms with Crippen molar-refractivity contribution in [3.05, 3.63) is 29.6 Å². The summed E-state index contributed by atoms with van der Waals surface area (Å²) in [7, 11) is 0. The molecule has 2 rings (SSSR count). The number of carbonyl (C=O) groups excluding carboxylic acids is 1. The smallest absolute Gasteiger partial charge is 0.272 e. The summed E-state index contributed by atoms with van der Waals surface area (Å²) < 4.78 is 0. The van der Waals surface area contributed by atoms with Crippen molar-refractivity contribution in [1.82, 2.24) is 9.88 Å². The van der Waals surface area contributed by atoms with Gasteiger partial charge in [-0.1, -0.05) is 6.07 Å². The molecular formula is C11H15N3O. The number of rotatable bonds is 1. The van der Waals surface area contributed by atoms with Gasteiger partial charge in [-0.15, -0.1) is 0 Å². The first-order chi connectivity index (χ1) is 7.16. The highest BCUT2D eigenvalue weighted by Crippen LogP contribution is 2.11. The number of amides is 1. The van der Waals surface area contributed by atoms with Crippen LogP contribution in [0.1, 0.15) is 22.6 Å². The van der Waals surface area contributed by atoms with Crippen molar-refractivity contribution in [1.29, 1.82) is 0 Å². The Bertz CT molecular complexity index is 378. The van der Waals surface area contributed by atoms with Gasteiger partial charge in [0.1, 0.15) is 5.69 Å². The minimum atomic E-state index is -0.00773. The van der Waals surface area contributed by atoms with E-state index in [-0.39, 0.29) is 11.9 Å². The van der Waals surface area contributed by atoms with Gasteiger partial charge >= 0.3 is 0 Å². The third kappa shape index (κ3) is 2.15. The first kappa shape index (κ1) is 10.1. The van der Waals surface area contributed by atoms with Gasteiger partial charge in [-0.2, -0.15) is 0 Å². The summed E-state index contributed by atoms with van der Waals surface area (Å²) >= 11 is 0. The number of aryl methyl sites for hydroxylation is 1. The number of carbonyl (C=O) groups is 1. The zero-order valence-electron chi connectivity index (χ0n) is 8.81. The zero-order valence-corrected chi connectivity index (χ0v) is 8.81. The molecule has 0 spiro atoms. The van der Waals surface area contributed by atoms with Gasteiger partial charge in [-0.05, 0) is 25.5 Å². The highest BCUT2D eigenvalue weighted by Gasteiger charge is 2.25. The predicted octanol–water partition coefficient (Wildman–Crippen LogP) is 0.563. The maximum absolute atomic E-state index is 12.0. The molecule has 0 saturated carbocycles. The lowest BCUT2D eigenvalue weighted by Gasteiger charge is -2.15. The molecule has 80 valence electrons. The van der Waals surface area contributed by atoms with E-state index in [0.717, 1.165) is 18.7 Å². The monoisotopic (exact) mass is 205 g/mol. The molecule has 2 heterocycles. The summed E-state index contributed by atoms with van der Waals surface area (Å²) in [5.41, 5.74) is 7.14. The summed E-state index contributed by atoms with van der Waals surface area (Å²) in [6.07, 6.45) is 0.886. The number of nitrogens with zero attached hydrogens (tertiary/aromatic N) is 2. The SMILES string of the molecule is Cc1cccc(C(=O)N2CC[C@H](N)C2)n1. The molecular weight excluding hydrogens is 190 g/mol. The maximum Gasteiger partial charge on any atom is 0.272 e. The van der Waals surface area contributed by atoms with Crippen LogP contribution in [0, 0.1) is 6.92 Å². The molecule has 2 N–H and O–H groups in total. The summed E-state index contributed by atoms with van der Waals surface area (Å²) in [5, 5.41) is 0. The minimum absolute atomic E-state index is 0.00773. The molecule has 4 nitrogen and oxygen atoms in total. The molecule has 1 fully saturated rings. The Morgan fingerprint density at radius 2 is 2.40 bits per heavy atom. The van der Waals surface area contributed by atoms with Gasteiger partial charge in [-0.3, -0.25) is 4.79 Å². The van der Waals surface area contributed by atoms with Crippen molar-refractivity contribution in [3.8, 4) is 0 Å². The lowest BCUT2D eigenvalue weighted by molar-refractivity contribution is 0.0785. The maximum atomic E-state index is 12.0. The van der Waals surface area contributed by atoms with Crippen LogP contribution >= 0.6 is 0 Å². The number of hydrogen-bond acceptors (Lipinski definition) is 3. The molecule has 1 aromatic rings. The fraction of sp³-hybridized carbons (Fsp3) is 0.455. The Kier molecular flexibility index (Phi) is 2.68. The van der Waals surface area contributed by atoms with E-state index in [9.17, 15) is 4.79 Å². The Balaban J connectivity index is 2.14. The minimum Gasteiger partial charge on any atom is -0.336 e. The Labute approximate surface area is 89.1 Å². The molecule has 0 bridgehead atoms. The van der Waals surface area contributed by atoms with Crippen molar-refractivity contribution in [3.63, 3.8) is 0 Å². The van der Waals surface area contributed by atoms with Crippen molar-refractivity contribution in [2.45, 2.75) is 19.4 Å². The summed E-state index contributed by atoms with van der Waals surface area (Å²) in [6, 6.07) is 5.61.